The van der Waals surface area contributed by atoms with Crippen LogP contribution in [0.15, 0.2) is 47.0 Å². The number of ether oxygens (including phenoxy) is 1. The molecule has 0 spiro atoms. The molecule has 0 bridgehead atoms. The highest BCUT2D eigenvalue weighted by Gasteiger charge is 2.20. The highest BCUT2D eigenvalue weighted by atomic mass is 32.2. The standard InChI is InChI=1S/C21H24N4O5S/c1-14-9-10-16(12-18(14)25(3)31(5,27)28)21(26)24(2)13-19-22-20(23-30-19)15-7-6-8-17(11-15)29-4/h6-12H,13H2,1-5H3. The van der Waals surface area contributed by atoms with E-state index in [2.05, 4.69) is 10.1 Å². The van der Waals surface area contributed by atoms with Crippen molar-refractivity contribution in [3.05, 3.63) is 59.5 Å². The van der Waals surface area contributed by atoms with Crippen LogP contribution in [-0.2, 0) is 16.6 Å². The van der Waals surface area contributed by atoms with Gasteiger partial charge in [-0.2, -0.15) is 4.98 Å². The molecule has 164 valence electrons. The number of rotatable bonds is 7. The van der Waals surface area contributed by atoms with Crippen LogP contribution in [0.5, 0.6) is 5.75 Å². The van der Waals surface area contributed by atoms with Gasteiger partial charge in [-0.15, -0.1) is 0 Å². The zero-order chi connectivity index (χ0) is 22.8. The molecule has 0 aliphatic carbocycles. The maximum atomic E-state index is 12.9. The molecule has 31 heavy (non-hydrogen) atoms. The number of benzene rings is 2. The summed E-state index contributed by atoms with van der Waals surface area (Å²) < 4.78 is 35.4. The zero-order valence-corrected chi connectivity index (χ0v) is 18.8. The monoisotopic (exact) mass is 444 g/mol. The lowest BCUT2D eigenvalue weighted by molar-refractivity contribution is 0.0769. The molecular formula is C21H24N4O5S. The summed E-state index contributed by atoms with van der Waals surface area (Å²) in [6.07, 6.45) is 1.11. The second-order valence-corrected chi connectivity index (χ2v) is 9.15. The second-order valence-electron chi connectivity index (χ2n) is 7.14. The van der Waals surface area contributed by atoms with Crippen LogP contribution in [0.2, 0.25) is 0 Å². The van der Waals surface area contributed by atoms with Gasteiger partial charge in [-0.25, -0.2) is 8.42 Å². The second kappa shape index (κ2) is 8.76. The van der Waals surface area contributed by atoms with Crippen LogP contribution in [0, 0.1) is 6.92 Å². The van der Waals surface area contributed by atoms with E-state index in [1.54, 1.807) is 45.3 Å². The summed E-state index contributed by atoms with van der Waals surface area (Å²) in [6, 6.07) is 12.2. The van der Waals surface area contributed by atoms with Gasteiger partial charge in [0.05, 0.1) is 25.6 Å². The number of anilines is 1. The quantitative estimate of drug-likeness (QED) is 0.552. The van der Waals surface area contributed by atoms with Gasteiger partial charge in [-0.05, 0) is 36.8 Å². The van der Waals surface area contributed by atoms with Crippen molar-refractivity contribution in [2.45, 2.75) is 13.5 Å². The van der Waals surface area contributed by atoms with Crippen LogP contribution in [0.3, 0.4) is 0 Å². The van der Waals surface area contributed by atoms with Gasteiger partial charge in [0.15, 0.2) is 0 Å². The SMILES string of the molecule is COc1cccc(-c2noc(CN(C)C(=O)c3ccc(C)c(N(C)S(C)(=O)=O)c3)n2)c1. The highest BCUT2D eigenvalue weighted by molar-refractivity contribution is 7.92. The van der Waals surface area contributed by atoms with Crippen LogP contribution in [0.4, 0.5) is 5.69 Å². The number of nitrogens with zero attached hydrogens (tertiary/aromatic N) is 4. The van der Waals surface area contributed by atoms with Crippen molar-refractivity contribution < 1.29 is 22.5 Å². The average Bonchev–Trinajstić information content (AvgIpc) is 3.21. The average molecular weight is 445 g/mol. The molecule has 3 rings (SSSR count). The molecule has 0 fully saturated rings. The predicted octanol–water partition coefficient (Wildman–Crippen LogP) is 2.72. The van der Waals surface area contributed by atoms with E-state index < -0.39 is 10.0 Å². The topological polar surface area (TPSA) is 106 Å². The Kier molecular flexibility index (Phi) is 6.30. The van der Waals surface area contributed by atoms with E-state index in [1.165, 1.54) is 11.9 Å². The van der Waals surface area contributed by atoms with Crippen LogP contribution >= 0.6 is 0 Å². The molecule has 9 nitrogen and oxygen atoms in total. The molecule has 0 N–H and O–H groups in total. The Morgan fingerprint density at radius 3 is 2.58 bits per heavy atom. The lowest BCUT2D eigenvalue weighted by Crippen LogP contribution is -2.28. The maximum absolute atomic E-state index is 12.9. The van der Waals surface area contributed by atoms with Crippen LogP contribution in [-0.4, -0.2) is 56.8 Å². The van der Waals surface area contributed by atoms with E-state index in [1.807, 2.05) is 18.2 Å². The van der Waals surface area contributed by atoms with E-state index >= 15 is 0 Å². The van der Waals surface area contributed by atoms with Crippen molar-refractivity contribution in [3.63, 3.8) is 0 Å². The van der Waals surface area contributed by atoms with Gasteiger partial charge in [-0.3, -0.25) is 9.10 Å². The van der Waals surface area contributed by atoms with Crippen molar-refractivity contribution in [1.29, 1.82) is 0 Å². The molecule has 0 radical (unpaired) electrons. The van der Waals surface area contributed by atoms with Crippen molar-refractivity contribution in [1.82, 2.24) is 15.0 Å². The van der Waals surface area contributed by atoms with E-state index in [9.17, 15) is 13.2 Å². The van der Waals surface area contributed by atoms with Crippen molar-refractivity contribution in [2.75, 3.05) is 31.8 Å². The van der Waals surface area contributed by atoms with E-state index in [4.69, 9.17) is 9.26 Å². The van der Waals surface area contributed by atoms with Crippen LogP contribution < -0.4 is 9.04 Å². The van der Waals surface area contributed by atoms with Crippen molar-refractivity contribution in [2.24, 2.45) is 0 Å². The summed E-state index contributed by atoms with van der Waals surface area (Å²) in [4.78, 5) is 18.7. The number of carbonyl (C=O) groups excluding carboxylic acids is 1. The first-order chi connectivity index (χ1) is 14.6. The molecule has 3 aromatic rings. The van der Waals surface area contributed by atoms with E-state index in [-0.39, 0.29) is 18.3 Å². The lowest BCUT2D eigenvalue weighted by Gasteiger charge is -2.21. The highest BCUT2D eigenvalue weighted by Crippen LogP contribution is 2.24. The fourth-order valence-corrected chi connectivity index (χ4v) is 3.51. The number of amides is 1. The Balaban J connectivity index is 1.78. The van der Waals surface area contributed by atoms with Gasteiger partial charge >= 0.3 is 0 Å². The number of hydrogen-bond donors (Lipinski definition) is 0. The van der Waals surface area contributed by atoms with E-state index in [0.29, 0.717) is 22.8 Å². The first-order valence-electron chi connectivity index (χ1n) is 9.37. The third-order valence-corrected chi connectivity index (χ3v) is 6.00. The summed E-state index contributed by atoms with van der Waals surface area (Å²) in [5.74, 6) is 1.03. The van der Waals surface area contributed by atoms with Gasteiger partial charge in [0.2, 0.25) is 21.7 Å². The molecule has 1 aromatic heterocycles. The summed E-state index contributed by atoms with van der Waals surface area (Å²) in [5, 5.41) is 3.97. The summed E-state index contributed by atoms with van der Waals surface area (Å²) >= 11 is 0. The summed E-state index contributed by atoms with van der Waals surface area (Å²) in [5.41, 5.74) is 2.27. The molecule has 0 aliphatic rings. The van der Waals surface area contributed by atoms with Gasteiger partial charge in [0.1, 0.15) is 5.75 Å². The Bertz CT molecular complexity index is 1210. The third kappa shape index (κ3) is 5.02. The fraction of sp³-hybridized carbons (Fsp3) is 0.286. The van der Waals surface area contributed by atoms with Gasteiger partial charge < -0.3 is 14.2 Å². The Hall–Kier alpha value is -3.40. The van der Waals surface area contributed by atoms with Gasteiger partial charge in [0.25, 0.3) is 5.91 Å². The third-order valence-electron chi connectivity index (χ3n) is 4.81. The van der Waals surface area contributed by atoms with Gasteiger partial charge in [0, 0.05) is 25.2 Å². The molecule has 0 unspecified atom stereocenters. The number of carbonyl (C=O) groups is 1. The Morgan fingerprint density at radius 2 is 1.90 bits per heavy atom. The summed E-state index contributed by atoms with van der Waals surface area (Å²) in [7, 11) is 1.18. The van der Waals surface area contributed by atoms with Crippen molar-refractivity contribution in [3.8, 4) is 17.1 Å². The minimum Gasteiger partial charge on any atom is -0.497 e. The molecule has 0 saturated heterocycles. The molecule has 10 heteroatoms. The van der Waals surface area contributed by atoms with Gasteiger partial charge in [-0.1, -0.05) is 23.4 Å². The molecule has 2 aromatic carbocycles. The molecule has 0 atom stereocenters. The van der Waals surface area contributed by atoms with Crippen LogP contribution in [0.1, 0.15) is 21.8 Å². The number of aromatic nitrogens is 2. The molecule has 0 aliphatic heterocycles. The molecular weight excluding hydrogens is 420 g/mol. The molecule has 0 saturated carbocycles. The molecule has 1 amide bonds. The first kappa shape index (κ1) is 22.3. The fourth-order valence-electron chi connectivity index (χ4n) is 2.95. The number of sulfonamides is 1. The van der Waals surface area contributed by atoms with E-state index in [0.717, 1.165) is 21.7 Å². The van der Waals surface area contributed by atoms with Crippen molar-refractivity contribution >= 4 is 21.6 Å². The number of hydrogen-bond acceptors (Lipinski definition) is 7. The maximum Gasteiger partial charge on any atom is 0.254 e. The normalized spacial score (nSPS) is 11.3. The lowest BCUT2D eigenvalue weighted by atomic mass is 10.1. The largest absolute Gasteiger partial charge is 0.497 e. The summed E-state index contributed by atoms with van der Waals surface area (Å²) in [6.45, 7) is 1.88. The minimum absolute atomic E-state index is 0.0981. The zero-order valence-electron chi connectivity index (χ0n) is 18.0. The number of aryl methyl sites for hydroxylation is 1. The number of methoxy groups -OCH3 is 1. The molecule has 1 heterocycles. The predicted molar refractivity (Wildman–Crippen MR) is 117 cm³/mol. The first-order valence-corrected chi connectivity index (χ1v) is 11.2. The smallest absolute Gasteiger partial charge is 0.254 e. The van der Waals surface area contributed by atoms with Crippen LogP contribution in [0.25, 0.3) is 11.4 Å². The Morgan fingerprint density at radius 1 is 1.16 bits per heavy atom. The minimum atomic E-state index is -3.45. The Labute approximate surface area is 181 Å².